The zero-order valence-electron chi connectivity index (χ0n) is 10.5. The molecule has 0 bridgehead atoms. The van der Waals surface area contributed by atoms with E-state index >= 15 is 0 Å². The third kappa shape index (κ3) is 3.11. The van der Waals surface area contributed by atoms with Crippen molar-refractivity contribution in [2.45, 2.75) is 25.3 Å². The standard InChI is InChI=1S/C13H20N2O3/c16-9-2-10-18-12-3-1-8-15(13(12)17)11-4-6-14-7-5-11/h1,3,8,11,14,16H,2,4-7,9-10H2. The van der Waals surface area contributed by atoms with Gasteiger partial charge in [-0.2, -0.15) is 0 Å². The molecule has 5 heteroatoms. The summed E-state index contributed by atoms with van der Waals surface area (Å²) in [7, 11) is 0. The molecule has 1 saturated heterocycles. The lowest BCUT2D eigenvalue weighted by molar-refractivity contribution is 0.230. The van der Waals surface area contributed by atoms with Crippen LogP contribution in [-0.2, 0) is 0 Å². The smallest absolute Gasteiger partial charge is 0.293 e. The molecule has 0 atom stereocenters. The predicted molar refractivity (Wildman–Crippen MR) is 69.0 cm³/mol. The molecule has 0 radical (unpaired) electrons. The van der Waals surface area contributed by atoms with Crippen LogP contribution in [0.25, 0.3) is 0 Å². The highest BCUT2D eigenvalue weighted by Crippen LogP contribution is 2.17. The summed E-state index contributed by atoms with van der Waals surface area (Å²) in [6.07, 6.45) is 4.32. The Bertz CT molecular complexity index is 424. The number of aliphatic hydroxyl groups is 1. The minimum absolute atomic E-state index is 0.0673. The van der Waals surface area contributed by atoms with Crippen LogP contribution in [0, 0.1) is 0 Å². The molecule has 0 spiro atoms. The van der Waals surface area contributed by atoms with Gasteiger partial charge in [-0.1, -0.05) is 0 Å². The summed E-state index contributed by atoms with van der Waals surface area (Å²) < 4.78 is 7.17. The van der Waals surface area contributed by atoms with Gasteiger partial charge in [-0.3, -0.25) is 4.79 Å². The van der Waals surface area contributed by atoms with Gasteiger partial charge in [0.1, 0.15) is 0 Å². The summed E-state index contributed by atoms with van der Waals surface area (Å²) in [4.78, 5) is 12.2. The number of aliphatic hydroxyl groups excluding tert-OH is 1. The Labute approximate surface area is 106 Å². The van der Waals surface area contributed by atoms with Crippen molar-refractivity contribution in [1.29, 1.82) is 0 Å². The van der Waals surface area contributed by atoms with Gasteiger partial charge in [0.15, 0.2) is 5.75 Å². The van der Waals surface area contributed by atoms with Crippen molar-refractivity contribution in [2.75, 3.05) is 26.3 Å². The van der Waals surface area contributed by atoms with Gasteiger partial charge < -0.3 is 19.7 Å². The van der Waals surface area contributed by atoms with Crippen LogP contribution in [0.3, 0.4) is 0 Å². The normalized spacial score (nSPS) is 16.7. The largest absolute Gasteiger partial charge is 0.488 e. The third-order valence-electron chi connectivity index (χ3n) is 3.20. The molecule has 1 aliphatic rings. The molecule has 2 N–H and O–H groups in total. The minimum atomic E-state index is -0.0673. The maximum Gasteiger partial charge on any atom is 0.293 e. The van der Waals surface area contributed by atoms with E-state index in [9.17, 15) is 4.79 Å². The van der Waals surface area contributed by atoms with E-state index in [2.05, 4.69) is 5.32 Å². The molecular formula is C13H20N2O3. The highest BCUT2D eigenvalue weighted by atomic mass is 16.5. The van der Waals surface area contributed by atoms with E-state index in [4.69, 9.17) is 9.84 Å². The maximum atomic E-state index is 12.2. The first kappa shape index (κ1) is 13.1. The van der Waals surface area contributed by atoms with Crippen LogP contribution >= 0.6 is 0 Å². The van der Waals surface area contributed by atoms with E-state index in [0.29, 0.717) is 18.8 Å². The van der Waals surface area contributed by atoms with E-state index in [1.165, 1.54) is 0 Å². The van der Waals surface area contributed by atoms with Crippen molar-refractivity contribution >= 4 is 0 Å². The number of pyridine rings is 1. The van der Waals surface area contributed by atoms with E-state index in [1.54, 1.807) is 10.6 Å². The molecule has 0 unspecified atom stereocenters. The molecule has 0 amide bonds. The van der Waals surface area contributed by atoms with Gasteiger partial charge in [0.25, 0.3) is 5.56 Å². The second kappa shape index (κ2) is 6.56. The lowest BCUT2D eigenvalue weighted by Gasteiger charge is -2.25. The van der Waals surface area contributed by atoms with Crippen molar-refractivity contribution in [3.63, 3.8) is 0 Å². The Morgan fingerprint density at radius 3 is 2.94 bits per heavy atom. The quantitative estimate of drug-likeness (QED) is 0.751. The molecular weight excluding hydrogens is 232 g/mol. The minimum Gasteiger partial charge on any atom is -0.488 e. The molecule has 1 fully saturated rings. The Balaban J connectivity index is 2.11. The van der Waals surface area contributed by atoms with Crippen LogP contribution in [0.4, 0.5) is 0 Å². The Morgan fingerprint density at radius 2 is 2.22 bits per heavy atom. The molecule has 0 aromatic carbocycles. The number of piperidine rings is 1. The molecule has 2 heterocycles. The van der Waals surface area contributed by atoms with Crippen LogP contribution < -0.4 is 15.6 Å². The van der Waals surface area contributed by atoms with Crippen molar-refractivity contribution < 1.29 is 9.84 Å². The Kier molecular flexibility index (Phi) is 4.78. The molecule has 1 aliphatic heterocycles. The van der Waals surface area contributed by atoms with Crippen molar-refractivity contribution in [3.05, 3.63) is 28.7 Å². The average Bonchev–Trinajstić information content (AvgIpc) is 2.42. The predicted octanol–water partition coefficient (Wildman–Crippen LogP) is 0.534. The summed E-state index contributed by atoms with van der Waals surface area (Å²) >= 11 is 0. The molecule has 5 nitrogen and oxygen atoms in total. The first-order valence-electron chi connectivity index (χ1n) is 6.48. The fourth-order valence-corrected chi connectivity index (χ4v) is 2.22. The number of hydrogen-bond acceptors (Lipinski definition) is 4. The van der Waals surface area contributed by atoms with Gasteiger partial charge >= 0.3 is 0 Å². The van der Waals surface area contributed by atoms with Crippen molar-refractivity contribution in [1.82, 2.24) is 9.88 Å². The fraction of sp³-hybridized carbons (Fsp3) is 0.615. The average molecular weight is 252 g/mol. The molecule has 18 heavy (non-hydrogen) atoms. The van der Waals surface area contributed by atoms with Crippen LogP contribution in [-0.4, -0.2) is 36.0 Å². The maximum absolute atomic E-state index is 12.2. The topological polar surface area (TPSA) is 63.5 Å². The summed E-state index contributed by atoms with van der Waals surface area (Å²) in [6.45, 7) is 2.36. The first-order chi connectivity index (χ1) is 8.83. The second-order valence-electron chi connectivity index (χ2n) is 4.49. The SMILES string of the molecule is O=c1c(OCCCO)cccn1C1CCNCC1. The third-order valence-corrected chi connectivity index (χ3v) is 3.20. The van der Waals surface area contributed by atoms with Gasteiger partial charge in [-0.25, -0.2) is 0 Å². The molecule has 100 valence electrons. The number of nitrogens with one attached hydrogen (secondary N) is 1. The number of aromatic nitrogens is 1. The van der Waals surface area contributed by atoms with Gasteiger partial charge in [-0.05, 0) is 38.1 Å². The zero-order valence-corrected chi connectivity index (χ0v) is 10.5. The summed E-state index contributed by atoms with van der Waals surface area (Å²) in [5.74, 6) is 0.379. The first-order valence-corrected chi connectivity index (χ1v) is 6.48. The molecule has 1 aromatic heterocycles. The van der Waals surface area contributed by atoms with Gasteiger partial charge in [0.05, 0.1) is 6.61 Å². The summed E-state index contributed by atoms with van der Waals surface area (Å²) in [5, 5.41) is 12.0. The van der Waals surface area contributed by atoms with Crippen LogP contribution in [0.5, 0.6) is 5.75 Å². The highest BCUT2D eigenvalue weighted by molar-refractivity contribution is 5.17. The summed E-state index contributed by atoms with van der Waals surface area (Å²) in [6, 6.07) is 3.80. The van der Waals surface area contributed by atoms with E-state index in [0.717, 1.165) is 25.9 Å². The second-order valence-corrected chi connectivity index (χ2v) is 4.49. The van der Waals surface area contributed by atoms with Gasteiger partial charge in [0, 0.05) is 25.3 Å². The van der Waals surface area contributed by atoms with Crippen LogP contribution in [0.2, 0.25) is 0 Å². The molecule has 1 aromatic rings. The van der Waals surface area contributed by atoms with Crippen molar-refractivity contribution in [3.8, 4) is 5.75 Å². The Morgan fingerprint density at radius 1 is 1.44 bits per heavy atom. The lowest BCUT2D eigenvalue weighted by Crippen LogP contribution is -2.34. The number of ether oxygens (including phenoxy) is 1. The highest BCUT2D eigenvalue weighted by Gasteiger charge is 2.17. The fourth-order valence-electron chi connectivity index (χ4n) is 2.22. The monoisotopic (exact) mass is 252 g/mol. The van der Waals surface area contributed by atoms with Crippen LogP contribution in [0.15, 0.2) is 23.1 Å². The van der Waals surface area contributed by atoms with E-state index in [-0.39, 0.29) is 18.2 Å². The Hall–Kier alpha value is -1.33. The van der Waals surface area contributed by atoms with Gasteiger partial charge in [-0.15, -0.1) is 0 Å². The number of nitrogens with zero attached hydrogens (tertiary/aromatic N) is 1. The molecule has 2 rings (SSSR count). The van der Waals surface area contributed by atoms with Gasteiger partial charge in [0.2, 0.25) is 0 Å². The zero-order chi connectivity index (χ0) is 12.8. The van der Waals surface area contributed by atoms with Crippen molar-refractivity contribution in [2.24, 2.45) is 0 Å². The summed E-state index contributed by atoms with van der Waals surface area (Å²) in [5.41, 5.74) is -0.0673. The lowest BCUT2D eigenvalue weighted by atomic mass is 10.1. The molecule has 0 aliphatic carbocycles. The van der Waals surface area contributed by atoms with E-state index in [1.807, 2.05) is 12.3 Å². The number of hydrogen-bond donors (Lipinski definition) is 2. The number of rotatable bonds is 5. The molecule has 0 saturated carbocycles. The van der Waals surface area contributed by atoms with Crippen LogP contribution in [0.1, 0.15) is 25.3 Å². The van der Waals surface area contributed by atoms with E-state index < -0.39 is 0 Å².